The molecule has 0 saturated carbocycles. The van der Waals surface area contributed by atoms with Crippen LogP contribution < -0.4 is 10.1 Å². The van der Waals surface area contributed by atoms with E-state index < -0.39 is 17.9 Å². The summed E-state index contributed by atoms with van der Waals surface area (Å²) in [5, 5.41) is 2.51. The lowest BCUT2D eigenvalue weighted by Gasteiger charge is -2.09. The van der Waals surface area contributed by atoms with Crippen LogP contribution >= 0.6 is 15.9 Å². The highest BCUT2D eigenvalue weighted by molar-refractivity contribution is 9.10. The number of ether oxygens (including phenoxy) is 2. The van der Waals surface area contributed by atoms with E-state index in [2.05, 4.69) is 26.0 Å². The standard InChI is InChI=1S/C15H15BrN2O5/c1-3-18-14(20)11(17-15(18)21)7-9-6-10(16)4-5-12(9)23-8-13(19)22-2/h4-7H,3,8H2,1-2H3,(H,17,21)/b11-7+. The molecule has 8 heteroatoms. The van der Waals surface area contributed by atoms with Gasteiger partial charge in [-0.1, -0.05) is 15.9 Å². The number of amides is 3. The summed E-state index contributed by atoms with van der Waals surface area (Å²) in [4.78, 5) is 36.1. The predicted octanol–water partition coefficient (Wildman–Crippen LogP) is 1.91. The second kappa shape index (κ2) is 7.28. The lowest BCUT2D eigenvalue weighted by atomic mass is 10.1. The first-order chi connectivity index (χ1) is 11.0. The Morgan fingerprint density at radius 2 is 2.13 bits per heavy atom. The first-order valence-electron chi connectivity index (χ1n) is 6.80. The van der Waals surface area contributed by atoms with Gasteiger partial charge in [-0.3, -0.25) is 9.69 Å². The van der Waals surface area contributed by atoms with Crippen LogP contribution in [0.2, 0.25) is 0 Å². The largest absolute Gasteiger partial charge is 0.481 e. The zero-order valence-electron chi connectivity index (χ0n) is 12.6. The molecule has 1 N–H and O–H groups in total. The zero-order valence-corrected chi connectivity index (χ0v) is 14.2. The van der Waals surface area contributed by atoms with Crippen LogP contribution in [0.5, 0.6) is 5.75 Å². The van der Waals surface area contributed by atoms with E-state index in [-0.39, 0.29) is 18.8 Å². The Hall–Kier alpha value is -2.35. The van der Waals surface area contributed by atoms with Gasteiger partial charge in [-0.2, -0.15) is 0 Å². The SMILES string of the molecule is CCN1C(=O)N/C(=C/c2cc(Br)ccc2OCC(=O)OC)C1=O. The number of benzene rings is 1. The highest BCUT2D eigenvalue weighted by Crippen LogP contribution is 2.26. The van der Waals surface area contributed by atoms with Crippen molar-refractivity contribution in [2.24, 2.45) is 0 Å². The molecular formula is C15H15BrN2O5. The molecule has 0 atom stereocenters. The number of hydrogen-bond donors (Lipinski definition) is 1. The van der Waals surface area contributed by atoms with Crippen molar-refractivity contribution in [1.29, 1.82) is 0 Å². The van der Waals surface area contributed by atoms with Gasteiger partial charge in [-0.15, -0.1) is 0 Å². The van der Waals surface area contributed by atoms with E-state index in [0.717, 1.165) is 9.37 Å². The Labute approximate surface area is 141 Å². The predicted molar refractivity (Wildman–Crippen MR) is 85.5 cm³/mol. The summed E-state index contributed by atoms with van der Waals surface area (Å²) < 4.78 is 10.7. The van der Waals surface area contributed by atoms with Gasteiger partial charge < -0.3 is 14.8 Å². The van der Waals surface area contributed by atoms with Crippen LogP contribution in [-0.2, 0) is 14.3 Å². The smallest absolute Gasteiger partial charge is 0.343 e. The average Bonchev–Trinajstić information content (AvgIpc) is 2.79. The van der Waals surface area contributed by atoms with E-state index in [0.29, 0.717) is 11.3 Å². The number of hydrogen-bond acceptors (Lipinski definition) is 5. The van der Waals surface area contributed by atoms with Crippen molar-refractivity contribution in [3.63, 3.8) is 0 Å². The summed E-state index contributed by atoms with van der Waals surface area (Å²) in [5.74, 6) is -0.534. The van der Waals surface area contributed by atoms with Gasteiger partial charge in [0.2, 0.25) is 0 Å². The summed E-state index contributed by atoms with van der Waals surface area (Å²) in [7, 11) is 1.27. The normalized spacial score (nSPS) is 15.8. The molecule has 1 aliphatic rings. The molecule has 0 radical (unpaired) electrons. The third-order valence-corrected chi connectivity index (χ3v) is 3.62. The monoisotopic (exact) mass is 382 g/mol. The number of carbonyl (C=O) groups is 3. The Bertz CT molecular complexity index is 686. The molecule has 3 amide bonds. The first-order valence-corrected chi connectivity index (χ1v) is 7.59. The molecule has 1 heterocycles. The molecule has 1 fully saturated rings. The molecule has 1 aliphatic heterocycles. The number of methoxy groups -OCH3 is 1. The van der Waals surface area contributed by atoms with Gasteiger partial charge in [0.1, 0.15) is 11.4 Å². The minimum atomic E-state index is -0.520. The van der Waals surface area contributed by atoms with E-state index in [1.54, 1.807) is 25.1 Å². The van der Waals surface area contributed by atoms with Crippen molar-refractivity contribution in [3.05, 3.63) is 33.9 Å². The topological polar surface area (TPSA) is 84.9 Å². The molecule has 0 spiro atoms. The number of halogens is 1. The van der Waals surface area contributed by atoms with Crippen LogP contribution in [0, 0.1) is 0 Å². The van der Waals surface area contributed by atoms with Crippen molar-refractivity contribution in [1.82, 2.24) is 10.2 Å². The van der Waals surface area contributed by atoms with Crippen LogP contribution in [0.25, 0.3) is 6.08 Å². The number of esters is 1. The third-order valence-electron chi connectivity index (χ3n) is 3.12. The Morgan fingerprint density at radius 1 is 1.39 bits per heavy atom. The van der Waals surface area contributed by atoms with E-state index in [1.807, 2.05) is 0 Å². The van der Waals surface area contributed by atoms with Crippen LogP contribution in [0.1, 0.15) is 12.5 Å². The fraction of sp³-hybridized carbons (Fsp3) is 0.267. The molecule has 23 heavy (non-hydrogen) atoms. The lowest BCUT2D eigenvalue weighted by Crippen LogP contribution is -2.30. The Balaban J connectivity index is 2.30. The molecular weight excluding hydrogens is 368 g/mol. The third kappa shape index (κ3) is 3.89. The summed E-state index contributed by atoms with van der Waals surface area (Å²) in [6.07, 6.45) is 1.51. The van der Waals surface area contributed by atoms with Gasteiger partial charge in [0.25, 0.3) is 5.91 Å². The van der Waals surface area contributed by atoms with Crippen LogP contribution in [0.4, 0.5) is 4.79 Å². The minimum absolute atomic E-state index is 0.151. The summed E-state index contributed by atoms with van der Waals surface area (Å²) in [6, 6.07) is 4.64. The molecule has 0 aromatic heterocycles. The van der Waals surface area contributed by atoms with Gasteiger partial charge in [0.05, 0.1) is 7.11 Å². The van der Waals surface area contributed by atoms with Gasteiger partial charge in [0, 0.05) is 16.6 Å². The van der Waals surface area contributed by atoms with E-state index in [1.165, 1.54) is 13.2 Å². The molecule has 0 unspecified atom stereocenters. The number of carbonyl (C=O) groups excluding carboxylic acids is 3. The minimum Gasteiger partial charge on any atom is -0.481 e. The zero-order chi connectivity index (χ0) is 17.0. The van der Waals surface area contributed by atoms with E-state index in [9.17, 15) is 14.4 Å². The second-order valence-corrected chi connectivity index (χ2v) is 5.50. The second-order valence-electron chi connectivity index (χ2n) is 4.58. The van der Waals surface area contributed by atoms with Gasteiger partial charge in [0.15, 0.2) is 6.61 Å². The summed E-state index contributed by atoms with van der Waals surface area (Å²) >= 11 is 3.33. The highest BCUT2D eigenvalue weighted by Gasteiger charge is 2.32. The van der Waals surface area contributed by atoms with Gasteiger partial charge in [-0.05, 0) is 31.2 Å². The fourth-order valence-corrected chi connectivity index (χ4v) is 2.35. The van der Waals surface area contributed by atoms with Crippen LogP contribution in [0.15, 0.2) is 28.4 Å². The van der Waals surface area contributed by atoms with E-state index >= 15 is 0 Å². The highest BCUT2D eigenvalue weighted by atomic mass is 79.9. The maximum Gasteiger partial charge on any atom is 0.343 e. The lowest BCUT2D eigenvalue weighted by molar-refractivity contribution is -0.142. The molecule has 7 nitrogen and oxygen atoms in total. The number of nitrogens with zero attached hydrogens (tertiary/aromatic N) is 1. The summed E-state index contributed by atoms with van der Waals surface area (Å²) in [6.45, 7) is 1.74. The Morgan fingerprint density at radius 3 is 2.74 bits per heavy atom. The summed E-state index contributed by atoms with van der Waals surface area (Å²) in [5.41, 5.74) is 0.697. The molecule has 0 aliphatic carbocycles. The van der Waals surface area contributed by atoms with E-state index in [4.69, 9.17) is 4.74 Å². The maximum absolute atomic E-state index is 12.1. The van der Waals surface area contributed by atoms with Crippen LogP contribution in [0.3, 0.4) is 0 Å². The average molecular weight is 383 g/mol. The molecule has 1 aromatic rings. The molecule has 122 valence electrons. The fourth-order valence-electron chi connectivity index (χ4n) is 1.97. The number of nitrogens with one attached hydrogen (secondary N) is 1. The molecule has 1 aromatic carbocycles. The van der Waals surface area contributed by atoms with Crippen LogP contribution in [-0.4, -0.2) is 43.1 Å². The number of likely N-dealkylation sites (N-methyl/N-ethyl adjacent to an activating group) is 1. The maximum atomic E-state index is 12.1. The number of imide groups is 1. The van der Waals surface area contributed by atoms with Gasteiger partial charge in [-0.25, -0.2) is 9.59 Å². The first kappa shape index (κ1) is 17.0. The van der Waals surface area contributed by atoms with Gasteiger partial charge >= 0.3 is 12.0 Å². The molecule has 1 saturated heterocycles. The molecule has 2 rings (SSSR count). The van der Waals surface area contributed by atoms with Crippen molar-refractivity contribution >= 4 is 39.9 Å². The Kier molecular flexibility index (Phi) is 5.38. The van der Waals surface area contributed by atoms with Crippen molar-refractivity contribution in [2.75, 3.05) is 20.3 Å². The van der Waals surface area contributed by atoms with Crippen molar-refractivity contribution < 1.29 is 23.9 Å². The quantitative estimate of drug-likeness (QED) is 0.477. The number of rotatable bonds is 5. The number of urea groups is 1. The molecule has 0 bridgehead atoms. The van der Waals surface area contributed by atoms with Crippen molar-refractivity contribution in [2.45, 2.75) is 6.92 Å². The van der Waals surface area contributed by atoms with Crippen molar-refractivity contribution in [3.8, 4) is 5.75 Å².